The van der Waals surface area contributed by atoms with E-state index >= 15 is 0 Å². The molecule has 2 amide bonds. The molecule has 1 unspecified atom stereocenters. The molecule has 1 fully saturated rings. The molecule has 0 aromatic heterocycles. The summed E-state index contributed by atoms with van der Waals surface area (Å²) in [6, 6.07) is -0.446. The van der Waals surface area contributed by atoms with Gasteiger partial charge in [-0.05, 0) is 12.8 Å². The molecule has 0 aromatic rings. The van der Waals surface area contributed by atoms with Gasteiger partial charge in [-0.15, -0.1) is 0 Å². The number of carbonyl (C=O) groups is 2. The summed E-state index contributed by atoms with van der Waals surface area (Å²) in [4.78, 5) is 23.1. The first-order chi connectivity index (χ1) is 8.33. The highest BCUT2D eigenvalue weighted by Crippen LogP contribution is 2.18. The highest BCUT2D eigenvalue weighted by molar-refractivity contribution is 7.92. The molecule has 8 heteroatoms. The first-order valence-corrected chi connectivity index (χ1v) is 7.47. The maximum atomic E-state index is 11.6. The Labute approximate surface area is 106 Å². The molecule has 18 heavy (non-hydrogen) atoms. The predicted octanol–water partition coefficient (Wildman–Crippen LogP) is -0.320. The van der Waals surface area contributed by atoms with E-state index in [9.17, 15) is 18.0 Å². The molecule has 0 bridgehead atoms. The van der Waals surface area contributed by atoms with Crippen molar-refractivity contribution in [2.24, 2.45) is 0 Å². The van der Waals surface area contributed by atoms with Crippen molar-refractivity contribution in [2.75, 3.05) is 25.9 Å². The summed E-state index contributed by atoms with van der Waals surface area (Å²) in [5, 5.41) is 10.5. The van der Waals surface area contributed by atoms with E-state index in [0.717, 1.165) is 0 Å². The number of aliphatic carboxylic acids is 1. The standard InChI is InChI=1S/C10H18N2O5S/c1-12(5-4-9(13)14)10(15)11-7-8-3-2-6-18(8,16)17/h8H,2-7H2,1H3,(H,11,15)(H,13,14). The lowest BCUT2D eigenvalue weighted by Crippen LogP contribution is -2.42. The Bertz CT molecular complexity index is 420. The van der Waals surface area contributed by atoms with Crippen LogP contribution < -0.4 is 5.32 Å². The summed E-state index contributed by atoms with van der Waals surface area (Å²) in [7, 11) is -1.59. The second-order valence-corrected chi connectivity index (χ2v) is 6.78. The number of amides is 2. The largest absolute Gasteiger partial charge is 0.481 e. The highest BCUT2D eigenvalue weighted by Gasteiger charge is 2.31. The Morgan fingerprint density at radius 1 is 1.44 bits per heavy atom. The van der Waals surface area contributed by atoms with Crippen LogP contribution in [0.25, 0.3) is 0 Å². The molecular weight excluding hydrogens is 260 g/mol. The van der Waals surface area contributed by atoms with Gasteiger partial charge >= 0.3 is 12.0 Å². The molecule has 0 radical (unpaired) electrons. The van der Waals surface area contributed by atoms with E-state index < -0.39 is 27.1 Å². The van der Waals surface area contributed by atoms with Crippen molar-refractivity contribution in [3.05, 3.63) is 0 Å². The number of hydrogen-bond donors (Lipinski definition) is 2. The monoisotopic (exact) mass is 278 g/mol. The molecule has 0 aliphatic carbocycles. The SMILES string of the molecule is CN(CCC(=O)O)C(=O)NCC1CCCS1(=O)=O. The van der Waals surface area contributed by atoms with Crippen LogP contribution in [0.1, 0.15) is 19.3 Å². The summed E-state index contributed by atoms with van der Waals surface area (Å²) in [5.41, 5.74) is 0. The minimum absolute atomic E-state index is 0.0958. The fourth-order valence-corrected chi connectivity index (χ4v) is 3.55. The minimum atomic E-state index is -3.06. The minimum Gasteiger partial charge on any atom is -0.481 e. The van der Waals surface area contributed by atoms with Crippen molar-refractivity contribution in [1.29, 1.82) is 0 Å². The molecule has 1 heterocycles. The van der Waals surface area contributed by atoms with Crippen LogP contribution in [0.4, 0.5) is 4.79 Å². The second-order valence-electron chi connectivity index (χ2n) is 4.38. The van der Waals surface area contributed by atoms with Crippen molar-refractivity contribution in [1.82, 2.24) is 10.2 Å². The third-order valence-electron chi connectivity index (χ3n) is 2.95. The van der Waals surface area contributed by atoms with Gasteiger partial charge in [-0.3, -0.25) is 4.79 Å². The quantitative estimate of drug-likeness (QED) is 0.717. The molecule has 7 nitrogen and oxygen atoms in total. The van der Waals surface area contributed by atoms with Gasteiger partial charge in [0.05, 0.1) is 17.4 Å². The van der Waals surface area contributed by atoms with E-state index in [0.29, 0.717) is 12.8 Å². The predicted molar refractivity (Wildman–Crippen MR) is 65.1 cm³/mol. The Balaban J connectivity index is 2.34. The summed E-state index contributed by atoms with van der Waals surface area (Å²) in [6.45, 7) is 0.192. The van der Waals surface area contributed by atoms with E-state index in [1.807, 2.05) is 0 Å². The van der Waals surface area contributed by atoms with Crippen LogP contribution in [0.15, 0.2) is 0 Å². The molecule has 0 spiro atoms. The molecule has 0 aromatic carbocycles. The van der Waals surface area contributed by atoms with Crippen molar-refractivity contribution in [2.45, 2.75) is 24.5 Å². The zero-order chi connectivity index (χ0) is 13.8. The average molecular weight is 278 g/mol. The first-order valence-electron chi connectivity index (χ1n) is 5.75. The first kappa shape index (κ1) is 14.7. The van der Waals surface area contributed by atoms with Crippen LogP contribution in [0.2, 0.25) is 0 Å². The van der Waals surface area contributed by atoms with Crippen molar-refractivity contribution in [3.63, 3.8) is 0 Å². The molecular formula is C10H18N2O5S. The molecule has 0 saturated carbocycles. The molecule has 2 N–H and O–H groups in total. The van der Waals surface area contributed by atoms with Gasteiger partial charge in [0.2, 0.25) is 0 Å². The molecule has 1 rings (SSSR count). The van der Waals surface area contributed by atoms with E-state index in [-0.39, 0.29) is 25.3 Å². The van der Waals surface area contributed by atoms with Crippen LogP contribution in [-0.4, -0.2) is 61.6 Å². The lowest BCUT2D eigenvalue weighted by Gasteiger charge is -2.18. The molecule has 104 valence electrons. The maximum Gasteiger partial charge on any atom is 0.317 e. The van der Waals surface area contributed by atoms with Crippen LogP contribution >= 0.6 is 0 Å². The summed E-state index contributed by atoms with van der Waals surface area (Å²) >= 11 is 0. The number of nitrogens with one attached hydrogen (secondary N) is 1. The van der Waals surface area contributed by atoms with Crippen molar-refractivity contribution >= 4 is 21.8 Å². The number of carboxylic acids is 1. The fourth-order valence-electron chi connectivity index (χ4n) is 1.79. The van der Waals surface area contributed by atoms with Crippen LogP contribution in [0.3, 0.4) is 0 Å². The van der Waals surface area contributed by atoms with Crippen LogP contribution in [-0.2, 0) is 14.6 Å². The molecule has 1 aliphatic rings. The number of sulfone groups is 1. The van der Waals surface area contributed by atoms with Gasteiger partial charge in [-0.2, -0.15) is 0 Å². The van der Waals surface area contributed by atoms with E-state index in [2.05, 4.69) is 5.32 Å². The lowest BCUT2D eigenvalue weighted by molar-refractivity contribution is -0.137. The smallest absolute Gasteiger partial charge is 0.317 e. The number of rotatable bonds is 5. The molecule has 1 saturated heterocycles. The Hall–Kier alpha value is -1.31. The average Bonchev–Trinajstić information content (AvgIpc) is 2.62. The van der Waals surface area contributed by atoms with Crippen molar-refractivity contribution < 1.29 is 23.1 Å². The van der Waals surface area contributed by atoms with Gasteiger partial charge in [0.15, 0.2) is 9.84 Å². The number of carboxylic acid groups (broad SMARTS) is 1. The summed E-state index contributed by atoms with van der Waals surface area (Å²) in [6.07, 6.45) is 1.07. The Morgan fingerprint density at radius 2 is 2.11 bits per heavy atom. The van der Waals surface area contributed by atoms with E-state index in [1.165, 1.54) is 11.9 Å². The van der Waals surface area contributed by atoms with Gasteiger partial charge in [-0.25, -0.2) is 13.2 Å². The normalized spacial score (nSPS) is 21.5. The van der Waals surface area contributed by atoms with Crippen LogP contribution in [0.5, 0.6) is 0 Å². The van der Waals surface area contributed by atoms with Crippen LogP contribution in [0, 0.1) is 0 Å². The zero-order valence-corrected chi connectivity index (χ0v) is 11.1. The molecule has 1 aliphatic heterocycles. The zero-order valence-electron chi connectivity index (χ0n) is 10.3. The molecule has 1 atom stereocenters. The number of carbonyl (C=O) groups excluding carboxylic acids is 1. The fraction of sp³-hybridized carbons (Fsp3) is 0.800. The third-order valence-corrected chi connectivity index (χ3v) is 5.23. The number of nitrogens with zero attached hydrogens (tertiary/aromatic N) is 1. The summed E-state index contributed by atoms with van der Waals surface area (Å²) in [5.74, 6) is -0.796. The number of urea groups is 1. The highest BCUT2D eigenvalue weighted by atomic mass is 32.2. The van der Waals surface area contributed by atoms with E-state index in [4.69, 9.17) is 5.11 Å². The summed E-state index contributed by atoms with van der Waals surface area (Å²) < 4.78 is 23.0. The Kier molecular flexibility index (Phi) is 4.94. The van der Waals surface area contributed by atoms with Gasteiger partial charge in [-0.1, -0.05) is 0 Å². The van der Waals surface area contributed by atoms with Gasteiger partial charge in [0.1, 0.15) is 0 Å². The van der Waals surface area contributed by atoms with Gasteiger partial charge in [0, 0.05) is 20.1 Å². The topological polar surface area (TPSA) is 104 Å². The Morgan fingerprint density at radius 3 is 2.61 bits per heavy atom. The number of hydrogen-bond acceptors (Lipinski definition) is 4. The maximum absolute atomic E-state index is 11.6. The van der Waals surface area contributed by atoms with Gasteiger partial charge < -0.3 is 15.3 Å². The second kappa shape index (κ2) is 6.03. The van der Waals surface area contributed by atoms with E-state index in [1.54, 1.807) is 0 Å². The third kappa shape index (κ3) is 4.17. The lowest BCUT2D eigenvalue weighted by atomic mass is 10.2. The van der Waals surface area contributed by atoms with Crippen molar-refractivity contribution in [3.8, 4) is 0 Å². The van der Waals surface area contributed by atoms with Gasteiger partial charge in [0.25, 0.3) is 0 Å².